The minimum Gasteiger partial charge on any atom is -0.472 e. The molecule has 1 saturated heterocycles. The zero-order chi connectivity index (χ0) is 13.1. The average molecular weight is 257 g/mol. The molecule has 0 spiro atoms. The molecule has 3 heterocycles. The molecule has 0 saturated carbocycles. The number of pyridine rings is 1. The Kier molecular flexibility index (Phi) is 3.40. The fraction of sp³-hybridized carbons (Fsp3) is 0.400. The summed E-state index contributed by atoms with van der Waals surface area (Å²) >= 11 is 0. The maximum absolute atomic E-state index is 5.10. The van der Waals surface area contributed by atoms with Crippen molar-refractivity contribution in [3.8, 4) is 0 Å². The van der Waals surface area contributed by atoms with E-state index >= 15 is 0 Å². The molecule has 1 atom stereocenters. The van der Waals surface area contributed by atoms with Crippen molar-refractivity contribution < 1.29 is 4.42 Å². The Bertz CT molecular complexity index is 501. The van der Waals surface area contributed by atoms with Crippen molar-refractivity contribution in [2.24, 2.45) is 0 Å². The van der Waals surface area contributed by atoms with E-state index in [0.717, 1.165) is 30.2 Å². The Balaban J connectivity index is 1.65. The number of hydrogen-bond donors (Lipinski definition) is 1. The zero-order valence-corrected chi connectivity index (χ0v) is 11.2. The first-order valence-corrected chi connectivity index (χ1v) is 6.82. The van der Waals surface area contributed by atoms with Crippen LogP contribution in [0.15, 0.2) is 41.3 Å². The molecule has 1 fully saturated rings. The summed E-state index contributed by atoms with van der Waals surface area (Å²) in [7, 11) is 0. The second kappa shape index (κ2) is 5.34. The van der Waals surface area contributed by atoms with E-state index in [9.17, 15) is 0 Å². The summed E-state index contributed by atoms with van der Waals surface area (Å²) in [6, 6.07) is 6.38. The summed E-state index contributed by atoms with van der Waals surface area (Å²) in [4.78, 5) is 6.87. The van der Waals surface area contributed by atoms with Crippen LogP contribution in [-0.2, 0) is 0 Å². The zero-order valence-electron chi connectivity index (χ0n) is 11.2. The van der Waals surface area contributed by atoms with E-state index in [0.29, 0.717) is 0 Å². The first kappa shape index (κ1) is 12.1. The second-order valence-electron chi connectivity index (χ2n) is 5.02. The molecule has 4 nitrogen and oxygen atoms in total. The Hall–Kier alpha value is -1.97. The summed E-state index contributed by atoms with van der Waals surface area (Å²) in [5.74, 6) is 1.08. The van der Waals surface area contributed by atoms with E-state index in [4.69, 9.17) is 4.42 Å². The van der Waals surface area contributed by atoms with Gasteiger partial charge in [0.05, 0.1) is 30.5 Å². The van der Waals surface area contributed by atoms with E-state index in [-0.39, 0.29) is 6.04 Å². The molecule has 3 rings (SSSR count). The van der Waals surface area contributed by atoms with Gasteiger partial charge in [0, 0.05) is 18.7 Å². The molecule has 1 unspecified atom stereocenters. The Morgan fingerprint density at radius 1 is 1.26 bits per heavy atom. The monoisotopic (exact) mass is 257 g/mol. The maximum Gasteiger partial charge on any atom is 0.128 e. The van der Waals surface area contributed by atoms with Crippen LogP contribution < -0.4 is 10.2 Å². The van der Waals surface area contributed by atoms with E-state index in [1.54, 1.807) is 12.5 Å². The molecule has 100 valence electrons. The number of anilines is 2. The van der Waals surface area contributed by atoms with Gasteiger partial charge in [-0.3, -0.25) is 0 Å². The van der Waals surface area contributed by atoms with Crippen LogP contribution in [-0.4, -0.2) is 18.1 Å². The minimum absolute atomic E-state index is 0.221. The van der Waals surface area contributed by atoms with Crippen LogP contribution in [0.3, 0.4) is 0 Å². The molecule has 2 aromatic rings. The highest BCUT2D eigenvalue weighted by molar-refractivity contribution is 5.50. The molecule has 0 radical (unpaired) electrons. The van der Waals surface area contributed by atoms with E-state index in [1.807, 2.05) is 12.3 Å². The summed E-state index contributed by atoms with van der Waals surface area (Å²) in [6.45, 7) is 4.37. The lowest BCUT2D eigenvalue weighted by atomic mass is 10.2. The first-order chi connectivity index (χ1) is 9.33. The molecule has 4 heteroatoms. The van der Waals surface area contributed by atoms with Gasteiger partial charge in [0.25, 0.3) is 0 Å². The minimum atomic E-state index is 0.221. The predicted molar refractivity (Wildman–Crippen MR) is 76.4 cm³/mol. The molecule has 0 aromatic carbocycles. The molecule has 19 heavy (non-hydrogen) atoms. The van der Waals surface area contributed by atoms with Crippen molar-refractivity contribution in [1.29, 1.82) is 0 Å². The molecule has 0 aliphatic carbocycles. The summed E-state index contributed by atoms with van der Waals surface area (Å²) in [5, 5.41) is 3.42. The molecule has 0 bridgehead atoms. The van der Waals surface area contributed by atoms with Crippen LogP contribution in [0.2, 0.25) is 0 Å². The molecule has 0 amide bonds. The Labute approximate surface area is 113 Å². The van der Waals surface area contributed by atoms with Crippen LogP contribution in [0.4, 0.5) is 11.5 Å². The van der Waals surface area contributed by atoms with Gasteiger partial charge in [-0.25, -0.2) is 4.98 Å². The number of aromatic nitrogens is 1. The standard InChI is InChI=1S/C15H19N3O/c1-12(13-6-9-19-11-13)17-14-4-5-15(16-10-14)18-7-2-3-8-18/h4-6,9-12,17H,2-3,7-8H2,1H3. The third-order valence-corrected chi connectivity index (χ3v) is 3.60. The van der Waals surface area contributed by atoms with Crippen LogP contribution >= 0.6 is 0 Å². The molecule has 1 N–H and O–H groups in total. The predicted octanol–water partition coefficient (Wildman–Crippen LogP) is 3.45. The quantitative estimate of drug-likeness (QED) is 0.911. The third-order valence-electron chi connectivity index (χ3n) is 3.60. The topological polar surface area (TPSA) is 41.3 Å². The van der Waals surface area contributed by atoms with Gasteiger partial charge in [-0.1, -0.05) is 0 Å². The van der Waals surface area contributed by atoms with Crippen molar-refractivity contribution in [1.82, 2.24) is 4.98 Å². The van der Waals surface area contributed by atoms with Crippen molar-refractivity contribution >= 4 is 11.5 Å². The third kappa shape index (κ3) is 2.72. The highest BCUT2D eigenvalue weighted by Gasteiger charge is 2.13. The van der Waals surface area contributed by atoms with Gasteiger partial charge in [-0.05, 0) is 38.0 Å². The summed E-state index contributed by atoms with van der Waals surface area (Å²) in [5.41, 5.74) is 2.18. The van der Waals surface area contributed by atoms with Crippen molar-refractivity contribution in [2.75, 3.05) is 23.3 Å². The lowest BCUT2D eigenvalue weighted by Gasteiger charge is -2.18. The van der Waals surface area contributed by atoms with E-state index < -0.39 is 0 Å². The van der Waals surface area contributed by atoms with Crippen LogP contribution in [0.25, 0.3) is 0 Å². The molecule has 2 aromatic heterocycles. The average Bonchev–Trinajstić information content (AvgIpc) is 3.13. The number of nitrogens with zero attached hydrogens (tertiary/aromatic N) is 2. The van der Waals surface area contributed by atoms with Gasteiger partial charge >= 0.3 is 0 Å². The summed E-state index contributed by atoms with van der Waals surface area (Å²) in [6.07, 6.45) is 7.93. The van der Waals surface area contributed by atoms with Crippen molar-refractivity contribution in [3.63, 3.8) is 0 Å². The van der Waals surface area contributed by atoms with E-state index in [2.05, 4.69) is 34.3 Å². The second-order valence-corrected chi connectivity index (χ2v) is 5.02. The first-order valence-electron chi connectivity index (χ1n) is 6.82. The molecular formula is C15H19N3O. The van der Waals surface area contributed by atoms with E-state index in [1.165, 1.54) is 12.8 Å². The highest BCUT2D eigenvalue weighted by Crippen LogP contribution is 2.22. The van der Waals surface area contributed by atoms with Crippen LogP contribution in [0.5, 0.6) is 0 Å². The van der Waals surface area contributed by atoms with Gasteiger partial charge in [-0.15, -0.1) is 0 Å². The molecule has 1 aliphatic rings. The fourth-order valence-electron chi connectivity index (χ4n) is 2.46. The lowest BCUT2D eigenvalue weighted by molar-refractivity contribution is 0.562. The van der Waals surface area contributed by atoms with Gasteiger partial charge in [0.2, 0.25) is 0 Å². The van der Waals surface area contributed by atoms with Crippen molar-refractivity contribution in [2.45, 2.75) is 25.8 Å². The Morgan fingerprint density at radius 3 is 2.74 bits per heavy atom. The maximum atomic E-state index is 5.10. The van der Waals surface area contributed by atoms with Crippen LogP contribution in [0.1, 0.15) is 31.4 Å². The van der Waals surface area contributed by atoms with Crippen LogP contribution in [0, 0.1) is 0 Å². The number of rotatable bonds is 4. The number of furan rings is 1. The number of hydrogen-bond acceptors (Lipinski definition) is 4. The molecule has 1 aliphatic heterocycles. The van der Waals surface area contributed by atoms with Gasteiger partial charge in [-0.2, -0.15) is 0 Å². The van der Waals surface area contributed by atoms with Gasteiger partial charge in [0.15, 0.2) is 0 Å². The smallest absolute Gasteiger partial charge is 0.128 e. The van der Waals surface area contributed by atoms with Crippen molar-refractivity contribution in [3.05, 3.63) is 42.5 Å². The largest absolute Gasteiger partial charge is 0.472 e. The summed E-state index contributed by atoms with van der Waals surface area (Å²) < 4.78 is 5.10. The SMILES string of the molecule is CC(Nc1ccc(N2CCCC2)nc1)c1ccoc1. The highest BCUT2D eigenvalue weighted by atomic mass is 16.3. The Morgan fingerprint density at radius 2 is 2.11 bits per heavy atom. The van der Waals surface area contributed by atoms with Gasteiger partial charge in [0.1, 0.15) is 5.82 Å². The molecular weight excluding hydrogens is 238 g/mol. The lowest BCUT2D eigenvalue weighted by Crippen LogP contribution is -2.18. The number of nitrogens with one attached hydrogen (secondary N) is 1. The van der Waals surface area contributed by atoms with Gasteiger partial charge < -0.3 is 14.6 Å². The normalized spacial score (nSPS) is 16.6. The fourth-order valence-corrected chi connectivity index (χ4v) is 2.46.